The lowest BCUT2D eigenvalue weighted by Crippen LogP contribution is -2.42. The molecule has 5 heteroatoms. The molecule has 1 fully saturated rings. The zero-order chi connectivity index (χ0) is 13.8. The van der Waals surface area contributed by atoms with Crippen molar-refractivity contribution in [2.75, 3.05) is 0 Å². The van der Waals surface area contributed by atoms with Gasteiger partial charge in [0.05, 0.1) is 11.7 Å². The van der Waals surface area contributed by atoms with Gasteiger partial charge in [-0.1, -0.05) is 6.92 Å². The number of amides is 1. The maximum atomic E-state index is 11.8. The van der Waals surface area contributed by atoms with Gasteiger partial charge in [-0.25, -0.2) is 0 Å². The summed E-state index contributed by atoms with van der Waals surface area (Å²) in [5, 5.41) is 10.7. The Labute approximate surface area is 114 Å². The highest BCUT2D eigenvalue weighted by Gasteiger charge is 2.25. The van der Waals surface area contributed by atoms with E-state index in [4.69, 9.17) is 0 Å². The quantitative estimate of drug-likeness (QED) is 0.786. The Morgan fingerprint density at radius 1 is 1.53 bits per heavy atom. The molecule has 0 radical (unpaired) electrons. The topological polar surface area (TPSA) is 59.0 Å². The molecule has 1 heterocycles. The number of aromatic nitrogens is 2. The van der Waals surface area contributed by atoms with Crippen molar-refractivity contribution in [1.82, 2.24) is 20.4 Å². The van der Waals surface area contributed by atoms with Gasteiger partial charge in [0.2, 0.25) is 5.91 Å². The summed E-state index contributed by atoms with van der Waals surface area (Å²) in [7, 11) is 0. The fourth-order valence-corrected chi connectivity index (χ4v) is 1.81. The Morgan fingerprint density at radius 3 is 2.89 bits per heavy atom. The van der Waals surface area contributed by atoms with Crippen LogP contribution in [0, 0.1) is 0 Å². The predicted octanol–water partition coefficient (Wildman–Crippen LogP) is 1.61. The van der Waals surface area contributed by atoms with Gasteiger partial charge in [-0.15, -0.1) is 0 Å². The van der Waals surface area contributed by atoms with Gasteiger partial charge in [0, 0.05) is 24.8 Å². The van der Waals surface area contributed by atoms with Gasteiger partial charge in [-0.05, 0) is 39.2 Å². The van der Waals surface area contributed by atoms with E-state index in [1.807, 2.05) is 23.9 Å². The van der Waals surface area contributed by atoms with E-state index in [-0.39, 0.29) is 11.9 Å². The number of hydrogen-bond acceptors (Lipinski definition) is 3. The fourth-order valence-electron chi connectivity index (χ4n) is 1.81. The molecular weight excluding hydrogens is 240 g/mol. The molecule has 1 amide bonds. The molecule has 0 spiro atoms. The monoisotopic (exact) mass is 264 g/mol. The van der Waals surface area contributed by atoms with E-state index in [1.54, 1.807) is 0 Å². The summed E-state index contributed by atoms with van der Waals surface area (Å²) in [5.74, 6) is 0.0869. The normalized spacial score (nSPS) is 18.1. The Hall–Kier alpha value is -1.36. The van der Waals surface area contributed by atoms with Gasteiger partial charge in [0.15, 0.2) is 0 Å². The van der Waals surface area contributed by atoms with E-state index in [0.717, 1.165) is 25.0 Å². The first kappa shape index (κ1) is 14.1. The number of rotatable bonds is 7. The highest BCUT2D eigenvalue weighted by atomic mass is 16.2. The van der Waals surface area contributed by atoms with Gasteiger partial charge in [-0.3, -0.25) is 9.48 Å². The lowest BCUT2D eigenvalue weighted by atomic mass is 10.3. The van der Waals surface area contributed by atoms with E-state index in [9.17, 15) is 4.79 Å². The average molecular weight is 264 g/mol. The first-order valence-corrected chi connectivity index (χ1v) is 7.18. The summed E-state index contributed by atoms with van der Waals surface area (Å²) in [6, 6.07) is 2.67. The van der Waals surface area contributed by atoms with Crippen molar-refractivity contribution >= 4 is 5.91 Å². The van der Waals surface area contributed by atoms with Crippen LogP contribution in [0.25, 0.3) is 0 Å². The largest absolute Gasteiger partial charge is 0.352 e. The molecule has 1 saturated carbocycles. The van der Waals surface area contributed by atoms with Crippen LogP contribution >= 0.6 is 0 Å². The molecule has 106 valence electrons. The zero-order valence-corrected chi connectivity index (χ0v) is 12.0. The molecule has 1 aromatic rings. The van der Waals surface area contributed by atoms with Crippen LogP contribution in [0.1, 0.15) is 51.8 Å². The molecule has 5 nitrogen and oxygen atoms in total. The second-order valence-corrected chi connectivity index (χ2v) is 5.43. The summed E-state index contributed by atoms with van der Waals surface area (Å²) in [4.78, 5) is 11.8. The van der Waals surface area contributed by atoms with Crippen molar-refractivity contribution in [3.63, 3.8) is 0 Å². The van der Waals surface area contributed by atoms with Gasteiger partial charge in [0.25, 0.3) is 0 Å². The van der Waals surface area contributed by atoms with Gasteiger partial charge < -0.3 is 10.6 Å². The molecule has 1 aromatic heterocycles. The summed E-state index contributed by atoms with van der Waals surface area (Å²) in [5.41, 5.74) is 0.978. The molecule has 0 aliphatic heterocycles. The molecule has 2 atom stereocenters. The second kappa shape index (κ2) is 6.19. The smallest absolute Gasteiger partial charge is 0.237 e. The lowest BCUT2D eigenvalue weighted by Gasteiger charge is -2.13. The third-order valence-electron chi connectivity index (χ3n) is 3.61. The van der Waals surface area contributed by atoms with Crippen LogP contribution in [-0.2, 0) is 11.3 Å². The molecule has 1 aliphatic carbocycles. The van der Waals surface area contributed by atoms with Crippen LogP contribution in [-0.4, -0.2) is 27.8 Å². The third kappa shape index (κ3) is 4.06. The van der Waals surface area contributed by atoms with E-state index < -0.39 is 0 Å². The summed E-state index contributed by atoms with van der Waals surface area (Å²) in [6.45, 7) is 6.82. The Kier molecular flexibility index (Phi) is 4.58. The maximum absolute atomic E-state index is 11.8. The Bertz CT molecular complexity index is 425. The highest BCUT2D eigenvalue weighted by Crippen LogP contribution is 2.18. The van der Waals surface area contributed by atoms with Gasteiger partial charge >= 0.3 is 0 Å². The van der Waals surface area contributed by atoms with E-state index >= 15 is 0 Å². The minimum Gasteiger partial charge on any atom is -0.352 e. The highest BCUT2D eigenvalue weighted by molar-refractivity contribution is 5.81. The lowest BCUT2D eigenvalue weighted by molar-refractivity contribution is -0.122. The molecule has 19 heavy (non-hydrogen) atoms. The summed E-state index contributed by atoms with van der Waals surface area (Å²) < 4.78 is 1.98. The standard InChI is InChI=1S/C14H24N4O/c1-4-10(2)18-8-7-13(17-18)9-15-11(3)14(19)16-12-5-6-12/h7-8,10-12,15H,4-6,9H2,1-3H3,(H,16,19). The molecule has 0 saturated heterocycles. The van der Waals surface area contributed by atoms with Crippen molar-refractivity contribution < 1.29 is 4.79 Å². The number of nitrogens with zero attached hydrogens (tertiary/aromatic N) is 2. The molecule has 1 aliphatic rings. The van der Waals surface area contributed by atoms with Crippen LogP contribution < -0.4 is 10.6 Å². The number of nitrogens with one attached hydrogen (secondary N) is 2. The Balaban J connectivity index is 1.77. The van der Waals surface area contributed by atoms with Crippen molar-refractivity contribution in [3.8, 4) is 0 Å². The van der Waals surface area contributed by atoms with Crippen LogP contribution in [0.4, 0.5) is 0 Å². The molecule has 2 unspecified atom stereocenters. The van der Waals surface area contributed by atoms with Crippen LogP contribution in [0.5, 0.6) is 0 Å². The molecule has 2 rings (SSSR count). The minimum atomic E-state index is -0.172. The number of carbonyl (C=O) groups is 1. The van der Waals surface area contributed by atoms with Crippen LogP contribution in [0.15, 0.2) is 12.3 Å². The summed E-state index contributed by atoms with van der Waals surface area (Å²) in [6.07, 6.45) is 5.31. The number of carbonyl (C=O) groups excluding carboxylic acids is 1. The molecule has 2 N–H and O–H groups in total. The van der Waals surface area contributed by atoms with E-state index in [2.05, 4.69) is 29.6 Å². The first-order valence-electron chi connectivity index (χ1n) is 7.18. The maximum Gasteiger partial charge on any atom is 0.237 e. The van der Waals surface area contributed by atoms with Crippen molar-refractivity contribution in [3.05, 3.63) is 18.0 Å². The minimum absolute atomic E-state index is 0.0869. The summed E-state index contributed by atoms with van der Waals surface area (Å²) >= 11 is 0. The van der Waals surface area contributed by atoms with E-state index in [1.165, 1.54) is 0 Å². The zero-order valence-electron chi connectivity index (χ0n) is 12.0. The second-order valence-electron chi connectivity index (χ2n) is 5.43. The first-order chi connectivity index (χ1) is 9.10. The van der Waals surface area contributed by atoms with Crippen molar-refractivity contribution in [1.29, 1.82) is 0 Å². The fraction of sp³-hybridized carbons (Fsp3) is 0.714. The Morgan fingerprint density at radius 2 is 2.26 bits per heavy atom. The van der Waals surface area contributed by atoms with Crippen molar-refractivity contribution in [2.24, 2.45) is 0 Å². The van der Waals surface area contributed by atoms with E-state index in [0.29, 0.717) is 18.6 Å². The third-order valence-corrected chi connectivity index (χ3v) is 3.61. The predicted molar refractivity (Wildman–Crippen MR) is 74.7 cm³/mol. The molecular formula is C14H24N4O. The average Bonchev–Trinajstić information content (AvgIpc) is 3.09. The van der Waals surface area contributed by atoms with Crippen LogP contribution in [0.3, 0.4) is 0 Å². The van der Waals surface area contributed by atoms with Gasteiger partial charge in [0.1, 0.15) is 0 Å². The van der Waals surface area contributed by atoms with Crippen LogP contribution in [0.2, 0.25) is 0 Å². The molecule has 0 aromatic carbocycles. The number of hydrogen-bond donors (Lipinski definition) is 2. The van der Waals surface area contributed by atoms with Gasteiger partial charge in [-0.2, -0.15) is 5.10 Å². The SMILES string of the molecule is CCC(C)n1ccc(CNC(C)C(=O)NC2CC2)n1. The van der Waals surface area contributed by atoms with Crippen molar-refractivity contribution in [2.45, 2.75) is 64.7 Å². The molecule has 0 bridgehead atoms.